The number of aryl methyl sites for hydroxylation is 1. The van der Waals surface area contributed by atoms with Gasteiger partial charge in [0.1, 0.15) is 0 Å². The Bertz CT molecular complexity index is 607. The van der Waals surface area contributed by atoms with Crippen molar-refractivity contribution >= 4 is 11.3 Å². The summed E-state index contributed by atoms with van der Waals surface area (Å²) in [5.41, 5.74) is 4.42. The number of fused-ring (bicyclic) bond motifs is 2. The zero-order valence-corrected chi connectivity index (χ0v) is 12.7. The maximum Gasteiger partial charge on any atom is 0.0969 e. The fourth-order valence-corrected chi connectivity index (χ4v) is 4.98. The maximum absolute atomic E-state index is 4.99. The van der Waals surface area contributed by atoms with Crippen molar-refractivity contribution in [2.24, 2.45) is 0 Å². The SMILES string of the molecule is CNC1CCCc2nc(C3Cc4ccccc4C3)sc21. The van der Waals surface area contributed by atoms with Gasteiger partial charge in [-0.1, -0.05) is 24.3 Å². The molecule has 20 heavy (non-hydrogen) atoms. The molecule has 1 atom stereocenters. The molecule has 2 aliphatic carbocycles. The topological polar surface area (TPSA) is 24.9 Å². The van der Waals surface area contributed by atoms with Crippen molar-refractivity contribution in [3.63, 3.8) is 0 Å². The van der Waals surface area contributed by atoms with E-state index < -0.39 is 0 Å². The summed E-state index contributed by atoms with van der Waals surface area (Å²) < 4.78 is 0. The Balaban J connectivity index is 1.64. The van der Waals surface area contributed by atoms with E-state index >= 15 is 0 Å². The van der Waals surface area contributed by atoms with E-state index in [1.165, 1.54) is 58.8 Å². The molecule has 2 aliphatic rings. The summed E-state index contributed by atoms with van der Waals surface area (Å²) in [4.78, 5) is 6.50. The Morgan fingerprint density at radius 1 is 1.20 bits per heavy atom. The summed E-state index contributed by atoms with van der Waals surface area (Å²) in [6, 6.07) is 9.41. The van der Waals surface area contributed by atoms with Crippen molar-refractivity contribution < 1.29 is 0 Å². The summed E-state index contributed by atoms with van der Waals surface area (Å²) >= 11 is 1.96. The Morgan fingerprint density at radius 3 is 2.65 bits per heavy atom. The minimum Gasteiger partial charge on any atom is -0.312 e. The molecule has 0 saturated heterocycles. The lowest BCUT2D eigenvalue weighted by molar-refractivity contribution is 0.500. The number of hydrogen-bond donors (Lipinski definition) is 1. The molecule has 104 valence electrons. The predicted octanol–water partition coefficient (Wildman–Crippen LogP) is 3.62. The van der Waals surface area contributed by atoms with Crippen LogP contribution in [0.3, 0.4) is 0 Å². The number of benzene rings is 1. The summed E-state index contributed by atoms with van der Waals surface area (Å²) in [6.07, 6.45) is 6.05. The molecule has 0 aliphatic heterocycles. The monoisotopic (exact) mass is 284 g/mol. The molecule has 1 aromatic carbocycles. The van der Waals surface area contributed by atoms with Gasteiger partial charge in [0.25, 0.3) is 0 Å². The van der Waals surface area contributed by atoms with E-state index in [1.54, 1.807) is 0 Å². The lowest BCUT2D eigenvalue weighted by Gasteiger charge is -2.20. The van der Waals surface area contributed by atoms with Crippen LogP contribution in [0.1, 0.15) is 51.5 Å². The quantitative estimate of drug-likeness (QED) is 0.911. The van der Waals surface area contributed by atoms with Crippen LogP contribution >= 0.6 is 11.3 Å². The van der Waals surface area contributed by atoms with Gasteiger partial charge < -0.3 is 5.32 Å². The summed E-state index contributed by atoms with van der Waals surface area (Å²) in [5.74, 6) is 0.612. The highest BCUT2D eigenvalue weighted by Crippen LogP contribution is 2.40. The van der Waals surface area contributed by atoms with Gasteiger partial charge in [0.15, 0.2) is 0 Å². The second-order valence-electron chi connectivity index (χ2n) is 5.97. The zero-order chi connectivity index (χ0) is 13.5. The highest BCUT2D eigenvalue weighted by atomic mass is 32.1. The van der Waals surface area contributed by atoms with E-state index in [0.29, 0.717) is 12.0 Å². The molecule has 0 bridgehead atoms. The molecule has 1 heterocycles. The van der Waals surface area contributed by atoms with Crippen LogP contribution in [-0.2, 0) is 19.3 Å². The Hall–Kier alpha value is -1.19. The van der Waals surface area contributed by atoms with E-state index in [4.69, 9.17) is 4.98 Å². The minimum absolute atomic E-state index is 0.536. The molecule has 4 rings (SSSR count). The van der Waals surface area contributed by atoms with Crippen molar-refractivity contribution in [2.45, 2.75) is 44.1 Å². The van der Waals surface area contributed by atoms with Crippen molar-refractivity contribution in [3.8, 4) is 0 Å². The van der Waals surface area contributed by atoms with E-state index in [9.17, 15) is 0 Å². The average molecular weight is 284 g/mol. The predicted molar refractivity (Wildman–Crippen MR) is 83.4 cm³/mol. The third-order valence-corrected chi connectivity index (χ3v) is 6.09. The normalized spacial score (nSPS) is 21.8. The molecule has 1 unspecified atom stereocenters. The molecule has 2 nitrogen and oxygen atoms in total. The summed E-state index contributed by atoms with van der Waals surface area (Å²) in [7, 11) is 2.07. The summed E-state index contributed by atoms with van der Waals surface area (Å²) in [6.45, 7) is 0. The van der Waals surface area contributed by atoms with Gasteiger partial charge >= 0.3 is 0 Å². The molecule has 2 aromatic rings. The van der Waals surface area contributed by atoms with Gasteiger partial charge in [-0.2, -0.15) is 0 Å². The Labute approximate surface area is 124 Å². The second-order valence-corrected chi connectivity index (χ2v) is 7.03. The van der Waals surface area contributed by atoms with Gasteiger partial charge in [0.2, 0.25) is 0 Å². The van der Waals surface area contributed by atoms with Gasteiger partial charge in [-0.3, -0.25) is 0 Å². The lowest BCUT2D eigenvalue weighted by Crippen LogP contribution is -2.19. The Morgan fingerprint density at radius 2 is 1.95 bits per heavy atom. The maximum atomic E-state index is 4.99. The molecule has 0 saturated carbocycles. The zero-order valence-electron chi connectivity index (χ0n) is 11.9. The minimum atomic E-state index is 0.536. The van der Waals surface area contributed by atoms with Crippen LogP contribution in [0.15, 0.2) is 24.3 Å². The standard InChI is InChI=1S/C17H20N2S/c1-18-14-7-4-8-15-16(14)20-17(19-15)13-9-11-5-2-3-6-12(11)10-13/h2-3,5-6,13-14,18H,4,7-10H2,1H3. The molecule has 0 amide bonds. The molecule has 1 aromatic heterocycles. The van der Waals surface area contributed by atoms with Crippen LogP contribution in [0.25, 0.3) is 0 Å². The third kappa shape index (κ3) is 2.00. The number of aromatic nitrogens is 1. The third-order valence-electron chi connectivity index (χ3n) is 4.72. The number of hydrogen-bond acceptors (Lipinski definition) is 3. The van der Waals surface area contributed by atoms with Crippen molar-refractivity contribution in [1.29, 1.82) is 0 Å². The molecular weight excluding hydrogens is 264 g/mol. The molecule has 0 spiro atoms. The van der Waals surface area contributed by atoms with Crippen molar-refractivity contribution in [1.82, 2.24) is 10.3 Å². The fraction of sp³-hybridized carbons (Fsp3) is 0.471. The first kappa shape index (κ1) is 12.5. The van der Waals surface area contributed by atoms with Crippen LogP contribution < -0.4 is 5.32 Å². The van der Waals surface area contributed by atoms with E-state index in [2.05, 4.69) is 36.6 Å². The largest absolute Gasteiger partial charge is 0.312 e. The first-order valence-electron chi connectivity index (χ1n) is 7.58. The van der Waals surface area contributed by atoms with Crippen LogP contribution in [-0.4, -0.2) is 12.0 Å². The smallest absolute Gasteiger partial charge is 0.0969 e. The van der Waals surface area contributed by atoms with Crippen LogP contribution in [0.2, 0.25) is 0 Å². The van der Waals surface area contributed by atoms with Crippen molar-refractivity contribution in [2.75, 3.05) is 7.05 Å². The van der Waals surface area contributed by atoms with E-state index in [-0.39, 0.29) is 0 Å². The highest BCUT2D eigenvalue weighted by Gasteiger charge is 2.29. The van der Waals surface area contributed by atoms with Gasteiger partial charge in [0, 0.05) is 16.8 Å². The number of nitrogens with one attached hydrogen (secondary N) is 1. The molecule has 1 N–H and O–H groups in total. The van der Waals surface area contributed by atoms with E-state index in [0.717, 1.165) is 0 Å². The average Bonchev–Trinajstić information content (AvgIpc) is 3.09. The van der Waals surface area contributed by atoms with Gasteiger partial charge in [-0.15, -0.1) is 11.3 Å². The molecule has 3 heteroatoms. The first-order valence-corrected chi connectivity index (χ1v) is 8.40. The Kier molecular flexibility index (Phi) is 3.12. The van der Waals surface area contributed by atoms with Crippen LogP contribution in [0.5, 0.6) is 0 Å². The molecule has 0 fully saturated rings. The van der Waals surface area contributed by atoms with Gasteiger partial charge in [-0.05, 0) is 50.3 Å². The number of nitrogens with zero attached hydrogens (tertiary/aromatic N) is 1. The van der Waals surface area contributed by atoms with Gasteiger partial charge in [0.05, 0.1) is 10.7 Å². The number of rotatable bonds is 2. The van der Waals surface area contributed by atoms with E-state index in [1.807, 2.05) is 11.3 Å². The van der Waals surface area contributed by atoms with Gasteiger partial charge in [-0.25, -0.2) is 4.98 Å². The highest BCUT2D eigenvalue weighted by molar-refractivity contribution is 7.12. The number of thiazole rings is 1. The van der Waals surface area contributed by atoms with Crippen LogP contribution in [0.4, 0.5) is 0 Å². The van der Waals surface area contributed by atoms with Crippen LogP contribution in [0, 0.1) is 0 Å². The lowest BCUT2D eigenvalue weighted by atomic mass is 9.98. The molecule has 0 radical (unpaired) electrons. The molecular formula is C17H20N2S. The first-order chi connectivity index (χ1) is 9.85. The summed E-state index contributed by atoms with van der Waals surface area (Å²) in [5, 5.41) is 4.82. The fourth-order valence-electron chi connectivity index (χ4n) is 3.62. The second kappa shape index (κ2) is 4.97. The van der Waals surface area contributed by atoms with Crippen molar-refractivity contribution in [3.05, 3.63) is 51.0 Å².